The van der Waals surface area contributed by atoms with E-state index in [9.17, 15) is 4.79 Å². The number of carbonyl (C=O) groups excluding carboxylic acids is 1. The first-order valence-corrected chi connectivity index (χ1v) is 11.5. The quantitative estimate of drug-likeness (QED) is 0.540. The predicted octanol–water partition coefficient (Wildman–Crippen LogP) is 2.48. The number of piperazine rings is 1. The molecule has 2 aliphatic rings. The summed E-state index contributed by atoms with van der Waals surface area (Å²) in [6.07, 6.45) is 7.10. The summed E-state index contributed by atoms with van der Waals surface area (Å²) in [5, 5.41) is 14.8. The van der Waals surface area contributed by atoms with Crippen LogP contribution >= 0.6 is 0 Å². The Morgan fingerprint density at radius 1 is 0.853 bits per heavy atom. The number of carboxylic acid groups (broad SMARTS) is 2. The Morgan fingerprint density at radius 2 is 1.38 bits per heavy atom. The van der Waals surface area contributed by atoms with Gasteiger partial charge in [-0.15, -0.1) is 0 Å². The van der Waals surface area contributed by atoms with Gasteiger partial charge in [-0.3, -0.25) is 9.69 Å². The number of carboxylic acids is 2. The van der Waals surface area contributed by atoms with Crippen LogP contribution in [0.1, 0.15) is 44.1 Å². The molecular weight excluding hydrogens is 444 g/mol. The lowest BCUT2D eigenvalue weighted by Crippen LogP contribution is -2.48. The first-order chi connectivity index (χ1) is 16.3. The van der Waals surface area contributed by atoms with E-state index in [-0.39, 0.29) is 0 Å². The van der Waals surface area contributed by atoms with E-state index in [2.05, 4.69) is 4.90 Å². The Hall–Kier alpha value is -3.01. The Balaban J connectivity index is 0.000000604. The standard InChI is InChI=1S/C22H34N2O4.C2H2O4/c1-26-19-15-21(28-3)20(27-2)14-18(19)16-23-10-12-24(13-11-23)22(25)9-8-17-6-4-5-7-17;3-1(4)2(5)6/h14-15,17H,4-13,16H2,1-3H3;(H,3,4)(H,5,6). The molecule has 1 heterocycles. The zero-order valence-corrected chi connectivity index (χ0v) is 20.2. The molecule has 1 aliphatic carbocycles. The molecule has 10 heteroatoms. The summed E-state index contributed by atoms with van der Waals surface area (Å²) in [6.45, 7) is 4.14. The molecule has 0 spiro atoms. The van der Waals surface area contributed by atoms with Gasteiger partial charge in [-0.1, -0.05) is 25.7 Å². The zero-order valence-electron chi connectivity index (χ0n) is 20.2. The van der Waals surface area contributed by atoms with E-state index in [0.717, 1.165) is 56.4 Å². The maximum absolute atomic E-state index is 12.5. The number of rotatable bonds is 8. The maximum Gasteiger partial charge on any atom is 0.414 e. The number of ether oxygens (including phenoxy) is 3. The molecule has 10 nitrogen and oxygen atoms in total. The molecule has 0 bridgehead atoms. The molecule has 0 radical (unpaired) electrons. The van der Waals surface area contributed by atoms with Gasteiger partial charge in [0.05, 0.1) is 21.3 Å². The number of hydrogen-bond donors (Lipinski definition) is 2. The summed E-state index contributed by atoms with van der Waals surface area (Å²) in [5.41, 5.74) is 1.07. The highest BCUT2D eigenvalue weighted by Gasteiger charge is 2.24. The van der Waals surface area contributed by atoms with Crippen molar-refractivity contribution in [3.8, 4) is 17.2 Å². The summed E-state index contributed by atoms with van der Waals surface area (Å²) < 4.78 is 16.3. The highest BCUT2D eigenvalue weighted by atomic mass is 16.5. The molecule has 2 N–H and O–H groups in total. The normalized spacial score (nSPS) is 16.4. The minimum absolute atomic E-state index is 0.329. The molecule has 1 aromatic rings. The van der Waals surface area contributed by atoms with Crippen LogP contribution in [0.3, 0.4) is 0 Å². The van der Waals surface area contributed by atoms with Crippen molar-refractivity contribution in [2.45, 2.75) is 45.1 Å². The van der Waals surface area contributed by atoms with Crippen molar-refractivity contribution in [2.75, 3.05) is 47.5 Å². The van der Waals surface area contributed by atoms with Gasteiger partial charge >= 0.3 is 11.9 Å². The average Bonchev–Trinajstić information content (AvgIpc) is 3.36. The maximum atomic E-state index is 12.5. The number of amides is 1. The summed E-state index contributed by atoms with van der Waals surface area (Å²) >= 11 is 0. The topological polar surface area (TPSA) is 126 Å². The Kier molecular flexibility index (Phi) is 10.9. The number of nitrogens with zero attached hydrogens (tertiary/aromatic N) is 2. The molecule has 1 aliphatic heterocycles. The second-order valence-electron chi connectivity index (χ2n) is 8.48. The van der Waals surface area contributed by atoms with Crippen molar-refractivity contribution in [3.05, 3.63) is 17.7 Å². The smallest absolute Gasteiger partial charge is 0.414 e. The van der Waals surface area contributed by atoms with Crippen molar-refractivity contribution < 1.29 is 38.8 Å². The van der Waals surface area contributed by atoms with Crippen LogP contribution < -0.4 is 14.2 Å². The van der Waals surface area contributed by atoms with Gasteiger partial charge in [-0.05, 0) is 18.4 Å². The van der Waals surface area contributed by atoms with E-state index in [1.54, 1.807) is 21.3 Å². The van der Waals surface area contributed by atoms with Crippen molar-refractivity contribution >= 4 is 17.8 Å². The lowest BCUT2D eigenvalue weighted by Gasteiger charge is -2.35. The van der Waals surface area contributed by atoms with Gasteiger partial charge in [-0.2, -0.15) is 0 Å². The number of carbonyl (C=O) groups is 3. The van der Waals surface area contributed by atoms with Crippen molar-refractivity contribution in [1.29, 1.82) is 0 Å². The first kappa shape index (κ1) is 27.2. The number of benzene rings is 1. The van der Waals surface area contributed by atoms with E-state index >= 15 is 0 Å². The molecule has 0 unspecified atom stereocenters. The van der Waals surface area contributed by atoms with Gasteiger partial charge in [0.1, 0.15) is 5.75 Å². The SMILES string of the molecule is COc1cc(OC)c(OC)cc1CN1CCN(C(=O)CCC2CCCC2)CC1.O=C(O)C(=O)O. The van der Waals surface area contributed by atoms with Crippen LogP contribution in [-0.4, -0.2) is 85.4 Å². The predicted molar refractivity (Wildman–Crippen MR) is 124 cm³/mol. The Labute approximate surface area is 200 Å². The largest absolute Gasteiger partial charge is 0.496 e. The van der Waals surface area contributed by atoms with Crippen LogP contribution in [-0.2, 0) is 20.9 Å². The van der Waals surface area contributed by atoms with Gasteiger partial charge in [0.2, 0.25) is 5.91 Å². The fraction of sp³-hybridized carbons (Fsp3) is 0.625. The van der Waals surface area contributed by atoms with Crippen molar-refractivity contribution in [1.82, 2.24) is 9.80 Å². The lowest BCUT2D eigenvalue weighted by molar-refractivity contribution is -0.159. The fourth-order valence-electron chi connectivity index (χ4n) is 4.40. The minimum Gasteiger partial charge on any atom is -0.496 e. The highest BCUT2D eigenvalue weighted by Crippen LogP contribution is 2.35. The average molecular weight is 481 g/mol. The molecule has 34 heavy (non-hydrogen) atoms. The molecule has 3 rings (SSSR count). The van der Waals surface area contributed by atoms with Gasteiger partial charge in [0.25, 0.3) is 0 Å². The molecule has 2 fully saturated rings. The second kappa shape index (κ2) is 13.6. The fourth-order valence-corrected chi connectivity index (χ4v) is 4.40. The van der Waals surface area contributed by atoms with Crippen molar-refractivity contribution in [2.24, 2.45) is 5.92 Å². The van der Waals surface area contributed by atoms with Gasteiger partial charge in [-0.25, -0.2) is 9.59 Å². The molecular formula is C24H36N2O8. The summed E-state index contributed by atoms with van der Waals surface area (Å²) in [5.74, 6) is -0.365. The molecule has 0 aromatic heterocycles. The van der Waals surface area contributed by atoms with Crippen LogP contribution in [0.4, 0.5) is 0 Å². The molecule has 1 saturated carbocycles. The van der Waals surface area contributed by atoms with Gasteiger partial charge in [0, 0.05) is 50.8 Å². The van der Waals surface area contributed by atoms with Crippen LogP contribution in [0.5, 0.6) is 17.2 Å². The summed E-state index contributed by atoms with van der Waals surface area (Å²) in [6, 6.07) is 3.85. The number of hydrogen-bond acceptors (Lipinski definition) is 7. The van der Waals surface area contributed by atoms with Crippen LogP contribution in [0.25, 0.3) is 0 Å². The third kappa shape index (κ3) is 8.09. The van der Waals surface area contributed by atoms with Crippen LogP contribution in [0.15, 0.2) is 12.1 Å². The van der Waals surface area contributed by atoms with E-state index in [4.69, 9.17) is 34.0 Å². The molecule has 1 saturated heterocycles. The molecule has 0 atom stereocenters. The van der Waals surface area contributed by atoms with E-state index in [1.807, 2.05) is 17.0 Å². The third-order valence-corrected chi connectivity index (χ3v) is 6.33. The van der Waals surface area contributed by atoms with Gasteiger partial charge in [0.15, 0.2) is 11.5 Å². The molecule has 1 amide bonds. The third-order valence-electron chi connectivity index (χ3n) is 6.33. The van der Waals surface area contributed by atoms with E-state index in [1.165, 1.54) is 25.7 Å². The lowest BCUT2D eigenvalue weighted by atomic mass is 10.0. The summed E-state index contributed by atoms with van der Waals surface area (Å²) in [4.78, 5) is 35.1. The zero-order chi connectivity index (χ0) is 25.1. The van der Waals surface area contributed by atoms with E-state index < -0.39 is 11.9 Å². The van der Waals surface area contributed by atoms with Crippen LogP contribution in [0.2, 0.25) is 0 Å². The monoisotopic (exact) mass is 480 g/mol. The highest BCUT2D eigenvalue weighted by molar-refractivity contribution is 6.27. The Bertz CT molecular complexity index is 819. The second-order valence-corrected chi connectivity index (χ2v) is 8.48. The number of aliphatic carboxylic acids is 2. The number of methoxy groups -OCH3 is 3. The Morgan fingerprint density at radius 3 is 1.88 bits per heavy atom. The molecule has 190 valence electrons. The van der Waals surface area contributed by atoms with Crippen LogP contribution in [0, 0.1) is 5.92 Å². The first-order valence-electron chi connectivity index (χ1n) is 11.5. The van der Waals surface area contributed by atoms with Gasteiger partial charge < -0.3 is 29.3 Å². The minimum atomic E-state index is -1.82. The molecule has 1 aromatic carbocycles. The van der Waals surface area contributed by atoms with E-state index in [0.29, 0.717) is 23.8 Å². The van der Waals surface area contributed by atoms with Crippen molar-refractivity contribution in [3.63, 3.8) is 0 Å². The summed E-state index contributed by atoms with van der Waals surface area (Å²) in [7, 11) is 4.94.